The third-order valence-electron chi connectivity index (χ3n) is 2.94. The van der Waals surface area contributed by atoms with Crippen molar-refractivity contribution in [3.63, 3.8) is 0 Å². The summed E-state index contributed by atoms with van der Waals surface area (Å²) >= 11 is 6.03. The summed E-state index contributed by atoms with van der Waals surface area (Å²) in [6, 6.07) is 20.2. The molecule has 0 radical (unpaired) electrons. The van der Waals surface area contributed by atoms with Crippen molar-refractivity contribution in [2.75, 3.05) is 12.5 Å². The highest BCUT2D eigenvalue weighted by atomic mass is 35.5. The molecule has 2 rings (SSSR count). The molecular formula is C16H17ClO. The molecule has 94 valence electrons. The Balaban J connectivity index is 1.85. The van der Waals surface area contributed by atoms with Crippen LogP contribution in [0.1, 0.15) is 17.9 Å². The molecule has 1 unspecified atom stereocenters. The Hall–Kier alpha value is -1.47. The summed E-state index contributed by atoms with van der Waals surface area (Å²) < 4.78 is 5.70. The molecule has 1 atom stereocenters. The minimum atomic E-state index is 0.358. The fraction of sp³-hybridized carbons (Fsp3) is 0.250. The van der Waals surface area contributed by atoms with Gasteiger partial charge in [-0.05, 0) is 24.1 Å². The van der Waals surface area contributed by atoms with Crippen LogP contribution in [0, 0.1) is 0 Å². The molecule has 0 fully saturated rings. The Labute approximate surface area is 113 Å². The molecule has 2 heteroatoms. The Morgan fingerprint density at radius 1 is 0.889 bits per heavy atom. The Morgan fingerprint density at radius 2 is 1.50 bits per heavy atom. The lowest BCUT2D eigenvalue weighted by molar-refractivity contribution is 0.301. The highest BCUT2D eigenvalue weighted by molar-refractivity contribution is 6.18. The predicted octanol–water partition coefficient (Wildman–Crippen LogP) is 4.48. The van der Waals surface area contributed by atoms with E-state index in [1.807, 2.05) is 48.5 Å². The summed E-state index contributed by atoms with van der Waals surface area (Å²) in [5, 5.41) is 0. The molecule has 0 aliphatic carbocycles. The molecule has 0 aliphatic rings. The molecule has 1 nitrogen and oxygen atoms in total. The summed E-state index contributed by atoms with van der Waals surface area (Å²) in [4.78, 5) is 0. The van der Waals surface area contributed by atoms with Gasteiger partial charge in [-0.25, -0.2) is 0 Å². The van der Waals surface area contributed by atoms with Gasteiger partial charge in [0.15, 0.2) is 0 Å². The van der Waals surface area contributed by atoms with Gasteiger partial charge in [-0.3, -0.25) is 0 Å². The standard InChI is InChI=1S/C16H17ClO/c17-13-15(14-7-3-1-4-8-14)11-12-18-16-9-5-2-6-10-16/h1-10,15H,11-13H2. The molecule has 0 aromatic heterocycles. The Morgan fingerprint density at radius 3 is 2.11 bits per heavy atom. The van der Waals surface area contributed by atoms with Gasteiger partial charge in [0.05, 0.1) is 6.61 Å². The lowest BCUT2D eigenvalue weighted by Crippen LogP contribution is -2.07. The summed E-state index contributed by atoms with van der Waals surface area (Å²) in [6.45, 7) is 0.691. The van der Waals surface area contributed by atoms with E-state index in [2.05, 4.69) is 12.1 Å². The number of hydrogen-bond acceptors (Lipinski definition) is 1. The third kappa shape index (κ3) is 3.78. The Kier molecular flexibility index (Phi) is 5.10. The molecule has 2 aromatic carbocycles. The van der Waals surface area contributed by atoms with Crippen LogP contribution >= 0.6 is 11.6 Å². The average Bonchev–Trinajstić information content (AvgIpc) is 2.46. The van der Waals surface area contributed by atoms with Crippen LogP contribution in [0.2, 0.25) is 0 Å². The van der Waals surface area contributed by atoms with E-state index in [1.165, 1.54) is 5.56 Å². The van der Waals surface area contributed by atoms with Crippen LogP contribution in [-0.2, 0) is 0 Å². The van der Waals surface area contributed by atoms with E-state index in [0.717, 1.165) is 12.2 Å². The molecule has 0 N–H and O–H groups in total. The van der Waals surface area contributed by atoms with Gasteiger partial charge in [0.1, 0.15) is 5.75 Å². The molecule has 0 heterocycles. The SMILES string of the molecule is ClCC(CCOc1ccccc1)c1ccccc1. The van der Waals surface area contributed by atoms with Crippen molar-refractivity contribution in [2.45, 2.75) is 12.3 Å². The van der Waals surface area contributed by atoms with E-state index in [9.17, 15) is 0 Å². The molecule has 0 aliphatic heterocycles. The highest BCUT2D eigenvalue weighted by Crippen LogP contribution is 2.21. The monoisotopic (exact) mass is 260 g/mol. The third-order valence-corrected chi connectivity index (χ3v) is 3.31. The van der Waals surface area contributed by atoms with Gasteiger partial charge in [0.25, 0.3) is 0 Å². The highest BCUT2D eigenvalue weighted by Gasteiger charge is 2.09. The van der Waals surface area contributed by atoms with Crippen LogP contribution < -0.4 is 4.74 Å². The second-order valence-corrected chi connectivity index (χ2v) is 4.52. The fourth-order valence-corrected chi connectivity index (χ4v) is 2.23. The Bertz CT molecular complexity index is 441. The molecule has 0 saturated carbocycles. The molecule has 18 heavy (non-hydrogen) atoms. The molecule has 0 amide bonds. The number of alkyl halides is 1. The lowest BCUT2D eigenvalue weighted by Gasteiger charge is -2.14. The average molecular weight is 261 g/mol. The zero-order chi connectivity index (χ0) is 12.6. The van der Waals surface area contributed by atoms with Gasteiger partial charge in [-0.1, -0.05) is 48.5 Å². The van der Waals surface area contributed by atoms with Gasteiger partial charge >= 0.3 is 0 Å². The number of ether oxygens (including phenoxy) is 1. The van der Waals surface area contributed by atoms with Gasteiger partial charge in [-0.2, -0.15) is 0 Å². The van der Waals surface area contributed by atoms with Crippen LogP contribution in [0.5, 0.6) is 5.75 Å². The van der Waals surface area contributed by atoms with Crippen molar-refractivity contribution < 1.29 is 4.74 Å². The minimum absolute atomic E-state index is 0.358. The topological polar surface area (TPSA) is 9.23 Å². The largest absolute Gasteiger partial charge is 0.494 e. The summed E-state index contributed by atoms with van der Waals surface area (Å²) in [6.07, 6.45) is 0.933. The minimum Gasteiger partial charge on any atom is -0.494 e. The van der Waals surface area contributed by atoms with Gasteiger partial charge in [-0.15, -0.1) is 11.6 Å². The maximum absolute atomic E-state index is 6.03. The van der Waals surface area contributed by atoms with Crippen LogP contribution in [0.3, 0.4) is 0 Å². The quantitative estimate of drug-likeness (QED) is 0.696. The van der Waals surface area contributed by atoms with E-state index < -0.39 is 0 Å². The van der Waals surface area contributed by atoms with Crippen LogP contribution in [0.25, 0.3) is 0 Å². The number of benzene rings is 2. The first kappa shape index (κ1) is 13.0. The van der Waals surface area contributed by atoms with Crippen molar-refractivity contribution >= 4 is 11.6 Å². The summed E-state index contributed by atoms with van der Waals surface area (Å²) in [5.41, 5.74) is 1.28. The van der Waals surface area contributed by atoms with E-state index in [4.69, 9.17) is 16.3 Å². The number of halogens is 1. The molecule has 2 aromatic rings. The van der Waals surface area contributed by atoms with Gasteiger partial charge in [0.2, 0.25) is 0 Å². The van der Waals surface area contributed by atoms with E-state index in [-0.39, 0.29) is 0 Å². The summed E-state index contributed by atoms with van der Waals surface area (Å²) in [5.74, 6) is 1.90. The van der Waals surface area contributed by atoms with Crippen molar-refractivity contribution in [3.8, 4) is 5.75 Å². The maximum atomic E-state index is 6.03. The second kappa shape index (κ2) is 7.07. The first-order valence-corrected chi connectivity index (χ1v) is 6.72. The molecule has 0 bridgehead atoms. The zero-order valence-corrected chi connectivity index (χ0v) is 11.0. The van der Waals surface area contributed by atoms with E-state index >= 15 is 0 Å². The van der Waals surface area contributed by atoms with Crippen molar-refractivity contribution in [2.24, 2.45) is 0 Å². The second-order valence-electron chi connectivity index (χ2n) is 4.21. The molecular weight excluding hydrogens is 244 g/mol. The number of rotatable bonds is 6. The van der Waals surface area contributed by atoms with Crippen LogP contribution in [0.15, 0.2) is 60.7 Å². The van der Waals surface area contributed by atoms with Crippen molar-refractivity contribution in [3.05, 3.63) is 66.2 Å². The summed E-state index contributed by atoms with van der Waals surface area (Å²) in [7, 11) is 0. The van der Waals surface area contributed by atoms with E-state index in [1.54, 1.807) is 0 Å². The lowest BCUT2D eigenvalue weighted by atomic mass is 9.98. The number of para-hydroxylation sites is 1. The number of hydrogen-bond donors (Lipinski definition) is 0. The van der Waals surface area contributed by atoms with Gasteiger partial charge in [0, 0.05) is 11.8 Å². The first-order chi connectivity index (χ1) is 8.90. The normalized spacial score (nSPS) is 12.1. The van der Waals surface area contributed by atoms with Crippen LogP contribution in [0.4, 0.5) is 0 Å². The maximum Gasteiger partial charge on any atom is 0.119 e. The van der Waals surface area contributed by atoms with Crippen molar-refractivity contribution in [1.82, 2.24) is 0 Å². The smallest absolute Gasteiger partial charge is 0.119 e. The van der Waals surface area contributed by atoms with Crippen molar-refractivity contribution in [1.29, 1.82) is 0 Å². The van der Waals surface area contributed by atoms with Gasteiger partial charge < -0.3 is 4.74 Å². The predicted molar refractivity (Wildman–Crippen MR) is 76.5 cm³/mol. The molecule has 0 saturated heterocycles. The van der Waals surface area contributed by atoms with Crippen LogP contribution in [-0.4, -0.2) is 12.5 Å². The zero-order valence-electron chi connectivity index (χ0n) is 10.3. The fourth-order valence-electron chi connectivity index (χ4n) is 1.89. The van der Waals surface area contributed by atoms with E-state index in [0.29, 0.717) is 18.4 Å². The first-order valence-electron chi connectivity index (χ1n) is 6.19. The molecule has 0 spiro atoms.